The second-order valence-corrected chi connectivity index (χ2v) is 10.8. The number of carbonyl (C=O) groups is 1. The van der Waals surface area contributed by atoms with Crippen molar-refractivity contribution in [1.29, 1.82) is 0 Å². The number of amides is 1. The van der Waals surface area contributed by atoms with E-state index >= 15 is 0 Å². The summed E-state index contributed by atoms with van der Waals surface area (Å²) in [6.07, 6.45) is 0. The molecule has 0 aromatic heterocycles. The van der Waals surface area contributed by atoms with Crippen molar-refractivity contribution in [1.82, 2.24) is 0 Å². The van der Waals surface area contributed by atoms with Gasteiger partial charge in [-0.05, 0) is 54.2 Å². The summed E-state index contributed by atoms with van der Waals surface area (Å²) in [7, 11) is 0. The van der Waals surface area contributed by atoms with Gasteiger partial charge in [-0.25, -0.2) is 0 Å². The van der Waals surface area contributed by atoms with E-state index in [0.717, 1.165) is 22.4 Å². The molecule has 0 spiro atoms. The Morgan fingerprint density at radius 2 is 1.31 bits per heavy atom. The zero-order valence-electron chi connectivity index (χ0n) is 20.0. The number of hydrogen-bond acceptors (Lipinski definition) is 2. The lowest BCUT2D eigenvalue weighted by Gasteiger charge is -2.31. The Labute approximate surface area is 196 Å². The van der Waals surface area contributed by atoms with Crippen molar-refractivity contribution in [3.63, 3.8) is 0 Å². The largest absolute Gasteiger partial charge is 0.507 e. The van der Waals surface area contributed by atoms with Gasteiger partial charge in [-0.2, -0.15) is 0 Å². The molecule has 0 bridgehead atoms. The predicted octanol–water partition coefficient (Wildman–Crippen LogP) is 7.93. The summed E-state index contributed by atoms with van der Waals surface area (Å²) in [6.45, 7) is 14.4. The van der Waals surface area contributed by atoms with Crippen LogP contribution >= 0.6 is 11.6 Å². The molecule has 0 atom stereocenters. The Kier molecular flexibility index (Phi) is 6.44. The van der Waals surface area contributed by atoms with Crippen LogP contribution in [0.2, 0.25) is 5.02 Å². The van der Waals surface area contributed by atoms with Crippen LogP contribution in [0.1, 0.15) is 68.6 Å². The van der Waals surface area contributed by atoms with Crippen molar-refractivity contribution < 1.29 is 9.90 Å². The van der Waals surface area contributed by atoms with Gasteiger partial charge >= 0.3 is 0 Å². The number of nitrogens with zero attached hydrogens (tertiary/aromatic N) is 1. The van der Waals surface area contributed by atoms with Gasteiger partial charge in [-0.1, -0.05) is 83.0 Å². The minimum atomic E-state index is -0.313. The molecule has 0 unspecified atom stereocenters. The predicted molar refractivity (Wildman–Crippen MR) is 135 cm³/mol. The number of rotatable bonds is 3. The van der Waals surface area contributed by atoms with Crippen LogP contribution in [0.3, 0.4) is 0 Å². The Morgan fingerprint density at radius 1 is 0.812 bits per heavy atom. The molecule has 32 heavy (non-hydrogen) atoms. The number of aromatic hydroxyl groups is 1. The van der Waals surface area contributed by atoms with Crippen LogP contribution in [-0.2, 0) is 10.8 Å². The number of anilines is 2. The number of phenols is 1. The Hall–Kier alpha value is -2.78. The van der Waals surface area contributed by atoms with Crippen molar-refractivity contribution >= 4 is 28.9 Å². The molecule has 168 valence electrons. The summed E-state index contributed by atoms with van der Waals surface area (Å²) in [4.78, 5) is 15.5. The quantitative estimate of drug-likeness (QED) is 0.441. The van der Waals surface area contributed by atoms with E-state index in [1.54, 1.807) is 17.0 Å². The van der Waals surface area contributed by atoms with Gasteiger partial charge < -0.3 is 5.11 Å². The third kappa shape index (κ3) is 4.83. The number of carbonyl (C=O) groups excluding carboxylic acids is 1. The first-order valence-corrected chi connectivity index (χ1v) is 11.2. The topological polar surface area (TPSA) is 40.5 Å². The molecule has 3 aromatic carbocycles. The van der Waals surface area contributed by atoms with E-state index in [-0.39, 0.29) is 22.5 Å². The summed E-state index contributed by atoms with van der Waals surface area (Å²) in [5.41, 5.74) is 3.94. The zero-order valence-corrected chi connectivity index (χ0v) is 20.7. The van der Waals surface area contributed by atoms with E-state index in [4.69, 9.17) is 11.6 Å². The van der Waals surface area contributed by atoms with Crippen molar-refractivity contribution in [3.05, 3.63) is 87.9 Å². The fourth-order valence-electron chi connectivity index (χ4n) is 3.72. The highest BCUT2D eigenvalue weighted by atomic mass is 35.5. The number of aryl methyl sites for hydroxylation is 1. The minimum Gasteiger partial charge on any atom is -0.507 e. The van der Waals surface area contributed by atoms with Crippen LogP contribution in [0.15, 0.2) is 60.7 Å². The van der Waals surface area contributed by atoms with E-state index in [1.807, 2.05) is 55.5 Å². The lowest BCUT2D eigenvalue weighted by atomic mass is 9.79. The average molecular weight is 450 g/mol. The highest BCUT2D eigenvalue weighted by Crippen LogP contribution is 2.43. The highest BCUT2D eigenvalue weighted by Gasteiger charge is 2.30. The molecule has 0 aliphatic heterocycles. The fraction of sp³-hybridized carbons (Fsp3) is 0.321. The monoisotopic (exact) mass is 449 g/mol. The average Bonchev–Trinajstić information content (AvgIpc) is 2.69. The summed E-state index contributed by atoms with van der Waals surface area (Å²) in [5.74, 6) is 0.0626. The maximum atomic E-state index is 13.8. The first-order valence-electron chi connectivity index (χ1n) is 10.8. The molecule has 1 N–H and O–H groups in total. The molecule has 3 aromatic rings. The van der Waals surface area contributed by atoms with Gasteiger partial charge in [-0.3, -0.25) is 9.69 Å². The third-order valence-electron chi connectivity index (χ3n) is 5.57. The van der Waals surface area contributed by atoms with Crippen LogP contribution < -0.4 is 4.90 Å². The molecule has 0 aliphatic rings. The van der Waals surface area contributed by atoms with E-state index in [9.17, 15) is 9.90 Å². The molecule has 1 amide bonds. The van der Waals surface area contributed by atoms with Gasteiger partial charge in [0.05, 0.1) is 16.3 Å². The molecular weight excluding hydrogens is 418 g/mol. The minimum absolute atomic E-state index is 0.218. The normalized spacial score (nSPS) is 12.0. The SMILES string of the molecule is Cc1ccc(N(C(=O)c2ccccc2Cl)c2cc(C(C)(C)C)c(O)c(C(C)(C)C)c2)cc1. The van der Waals surface area contributed by atoms with Crippen LogP contribution in [0.4, 0.5) is 11.4 Å². The molecule has 0 saturated carbocycles. The summed E-state index contributed by atoms with van der Waals surface area (Å²) in [6, 6.07) is 18.8. The second kappa shape index (κ2) is 8.63. The third-order valence-corrected chi connectivity index (χ3v) is 5.90. The van der Waals surface area contributed by atoms with E-state index in [2.05, 4.69) is 41.5 Å². The van der Waals surface area contributed by atoms with E-state index < -0.39 is 0 Å². The van der Waals surface area contributed by atoms with Crippen molar-refractivity contribution in [3.8, 4) is 5.75 Å². The smallest absolute Gasteiger partial charge is 0.264 e. The van der Waals surface area contributed by atoms with Crippen molar-refractivity contribution in [2.45, 2.75) is 59.3 Å². The molecule has 0 fully saturated rings. The number of halogens is 1. The molecule has 0 saturated heterocycles. The fourth-order valence-corrected chi connectivity index (χ4v) is 3.94. The van der Waals surface area contributed by atoms with Crippen LogP contribution in [0.5, 0.6) is 5.75 Å². The van der Waals surface area contributed by atoms with Gasteiger partial charge in [0.2, 0.25) is 0 Å². The van der Waals surface area contributed by atoms with Gasteiger partial charge in [-0.15, -0.1) is 0 Å². The highest BCUT2D eigenvalue weighted by molar-refractivity contribution is 6.34. The van der Waals surface area contributed by atoms with Crippen LogP contribution in [0.25, 0.3) is 0 Å². The maximum Gasteiger partial charge on any atom is 0.264 e. The van der Waals surface area contributed by atoms with E-state index in [0.29, 0.717) is 16.3 Å². The van der Waals surface area contributed by atoms with E-state index in [1.165, 1.54) is 0 Å². The zero-order chi connectivity index (χ0) is 23.8. The standard InChI is InChI=1S/C28H32ClNO2/c1-18-12-14-19(15-13-18)30(26(32)21-10-8-9-11-24(21)29)20-16-22(27(2,3)4)25(31)23(17-20)28(5,6)7/h8-17,31H,1-7H3. The van der Waals surface area contributed by atoms with Crippen molar-refractivity contribution in [2.75, 3.05) is 4.90 Å². The molecule has 0 aliphatic carbocycles. The molecule has 3 nitrogen and oxygen atoms in total. The van der Waals surface area contributed by atoms with Crippen LogP contribution in [-0.4, -0.2) is 11.0 Å². The lowest BCUT2D eigenvalue weighted by Crippen LogP contribution is -2.28. The molecule has 3 rings (SSSR count). The first kappa shape index (κ1) is 23.9. The molecule has 4 heteroatoms. The maximum absolute atomic E-state index is 13.8. The van der Waals surface area contributed by atoms with Crippen LogP contribution in [0, 0.1) is 6.92 Å². The Morgan fingerprint density at radius 3 is 1.78 bits per heavy atom. The number of benzene rings is 3. The van der Waals surface area contributed by atoms with Gasteiger partial charge in [0.25, 0.3) is 5.91 Å². The molecular formula is C28H32ClNO2. The second-order valence-electron chi connectivity index (χ2n) is 10.3. The van der Waals surface area contributed by atoms with Gasteiger partial charge in [0.15, 0.2) is 0 Å². The Balaban J connectivity index is 2.33. The lowest BCUT2D eigenvalue weighted by molar-refractivity contribution is 0.0999. The first-order chi connectivity index (χ1) is 14.8. The number of phenolic OH excluding ortho intramolecular Hbond substituents is 1. The molecule has 0 heterocycles. The Bertz CT molecular complexity index is 1100. The molecule has 0 radical (unpaired) electrons. The van der Waals surface area contributed by atoms with Crippen molar-refractivity contribution in [2.24, 2.45) is 0 Å². The van der Waals surface area contributed by atoms with Gasteiger partial charge in [0, 0.05) is 16.8 Å². The van der Waals surface area contributed by atoms with Gasteiger partial charge in [0.1, 0.15) is 5.75 Å². The summed E-state index contributed by atoms with van der Waals surface area (Å²) >= 11 is 6.41. The summed E-state index contributed by atoms with van der Waals surface area (Å²) in [5, 5.41) is 11.6. The summed E-state index contributed by atoms with van der Waals surface area (Å²) < 4.78 is 0. The number of hydrogen-bond donors (Lipinski definition) is 1.